The number of rotatable bonds is 5. The van der Waals surface area contributed by atoms with Gasteiger partial charge in [0.2, 0.25) is 15.7 Å². The SMILES string of the molecule is Cc1ccc(S(=O)(=O)c2ccc(COC(=O)[C@H]3CCC(=O)NC3)cc2)cc1. The number of piperidine rings is 1. The summed E-state index contributed by atoms with van der Waals surface area (Å²) in [4.78, 5) is 23.6. The van der Waals surface area contributed by atoms with Gasteiger partial charge in [0.25, 0.3) is 0 Å². The van der Waals surface area contributed by atoms with Gasteiger partial charge in [-0.15, -0.1) is 0 Å². The molecule has 27 heavy (non-hydrogen) atoms. The lowest BCUT2D eigenvalue weighted by Gasteiger charge is -2.20. The van der Waals surface area contributed by atoms with Crippen molar-refractivity contribution in [1.29, 1.82) is 0 Å². The number of carbonyl (C=O) groups is 2. The number of sulfone groups is 1. The van der Waals surface area contributed by atoms with Gasteiger partial charge in [-0.2, -0.15) is 0 Å². The minimum absolute atomic E-state index is 0.0515. The smallest absolute Gasteiger partial charge is 0.311 e. The lowest BCUT2D eigenvalue weighted by molar-refractivity contribution is -0.151. The summed E-state index contributed by atoms with van der Waals surface area (Å²) in [6.45, 7) is 2.26. The quantitative estimate of drug-likeness (QED) is 0.796. The topological polar surface area (TPSA) is 89.5 Å². The molecule has 1 amide bonds. The molecule has 6 nitrogen and oxygen atoms in total. The van der Waals surface area contributed by atoms with E-state index in [9.17, 15) is 18.0 Å². The van der Waals surface area contributed by atoms with E-state index < -0.39 is 9.84 Å². The molecule has 7 heteroatoms. The van der Waals surface area contributed by atoms with Gasteiger partial charge in [-0.3, -0.25) is 9.59 Å². The summed E-state index contributed by atoms with van der Waals surface area (Å²) in [5, 5.41) is 2.65. The zero-order valence-electron chi connectivity index (χ0n) is 15.0. The highest BCUT2D eigenvalue weighted by Crippen LogP contribution is 2.22. The van der Waals surface area contributed by atoms with Gasteiger partial charge in [-0.05, 0) is 43.2 Å². The van der Waals surface area contributed by atoms with E-state index in [1.165, 1.54) is 12.1 Å². The van der Waals surface area contributed by atoms with Gasteiger partial charge in [0.1, 0.15) is 6.61 Å². The summed E-state index contributed by atoms with van der Waals surface area (Å²) < 4.78 is 30.6. The molecule has 1 aliphatic heterocycles. The molecule has 0 saturated carbocycles. The lowest BCUT2D eigenvalue weighted by Crippen LogP contribution is -2.39. The number of nitrogens with one attached hydrogen (secondary N) is 1. The molecule has 2 aromatic rings. The fourth-order valence-corrected chi connectivity index (χ4v) is 4.09. The molecule has 1 saturated heterocycles. The Bertz CT molecular complexity index is 923. The van der Waals surface area contributed by atoms with E-state index in [1.807, 2.05) is 6.92 Å². The predicted octanol–water partition coefficient (Wildman–Crippen LogP) is 2.40. The maximum absolute atomic E-state index is 12.6. The van der Waals surface area contributed by atoms with Crippen molar-refractivity contribution in [1.82, 2.24) is 5.32 Å². The first-order valence-corrected chi connectivity index (χ1v) is 10.2. The van der Waals surface area contributed by atoms with Crippen molar-refractivity contribution >= 4 is 21.7 Å². The number of amides is 1. The van der Waals surface area contributed by atoms with Gasteiger partial charge in [0.15, 0.2) is 0 Å². The molecule has 1 heterocycles. The third-order valence-corrected chi connectivity index (χ3v) is 6.33. The van der Waals surface area contributed by atoms with E-state index in [-0.39, 0.29) is 34.2 Å². The molecule has 142 valence electrons. The van der Waals surface area contributed by atoms with Gasteiger partial charge in [-0.25, -0.2) is 8.42 Å². The standard InChI is InChI=1S/C20H21NO5S/c1-14-2-7-17(8-3-14)27(24,25)18-9-4-15(5-10-18)13-26-20(23)16-6-11-19(22)21-12-16/h2-5,7-10,16H,6,11-13H2,1H3,(H,21,22)/t16-/m0/s1. The van der Waals surface area contributed by atoms with E-state index in [2.05, 4.69) is 5.32 Å². The molecule has 0 aromatic heterocycles. The maximum atomic E-state index is 12.6. The molecule has 1 aliphatic rings. The first-order valence-electron chi connectivity index (χ1n) is 8.70. The fourth-order valence-electron chi connectivity index (χ4n) is 2.82. The summed E-state index contributed by atoms with van der Waals surface area (Å²) in [6.07, 6.45) is 0.809. The number of aryl methyl sites for hydroxylation is 1. The Balaban J connectivity index is 1.62. The molecule has 3 rings (SSSR count). The summed E-state index contributed by atoms with van der Waals surface area (Å²) in [6, 6.07) is 13.0. The van der Waals surface area contributed by atoms with Crippen LogP contribution < -0.4 is 5.32 Å². The van der Waals surface area contributed by atoms with Crippen molar-refractivity contribution in [2.45, 2.75) is 36.2 Å². The lowest BCUT2D eigenvalue weighted by atomic mass is 9.99. The van der Waals surface area contributed by atoms with Crippen LogP contribution >= 0.6 is 0 Å². The third kappa shape index (κ3) is 4.54. The number of ether oxygens (including phenoxy) is 1. The van der Waals surface area contributed by atoms with Crippen LogP contribution in [-0.2, 0) is 30.8 Å². The summed E-state index contributed by atoms with van der Waals surface area (Å²) in [5.41, 5.74) is 1.69. The Hall–Kier alpha value is -2.67. The van der Waals surface area contributed by atoms with E-state index in [0.29, 0.717) is 24.9 Å². The molecule has 0 unspecified atom stereocenters. The van der Waals surface area contributed by atoms with Crippen LogP contribution in [0, 0.1) is 12.8 Å². The van der Waals surface area contributed by atoms with Gasteiger partial charge < -0.3 is 10.1 Å². The Morgan fingerprint density at radius 1 is 1.07 bits per heavy atom. The predicted molar refractivity (Wildman–Crippen MR) is 98.6 cm³/mol. The molecule has 0 aliphatic carbocycles. The van der Waals surface area contributed by atoms with Crippen LogP contribution in [0.25, 0.3) is 0 Å². The largest absolute Gasteiger partial charge is 0.461 e. The van der Waals surface area contributed by atoms with Crippen LogP contribution in [0.3, 0.4) is 0 Å². The first-order chi connectivity index (χ1) is 12.9. The van der Waals surface area contributed by atoms with Gasteiger partial charge in [0.05, 0.1) is 15.7 Å². The average molecular weight is 387 g/mol. The van der Waals surface area contributed by atoms with E-state index >= 15 is 0 Å². The van der Waals surface area contributed by atoms with Crippen molar-refractivity contribution in [2.75, 3.05) is 6.54 Å². The average Bonchev–Trinajstić information content (AvgIpc) is 2.67. The van der Waals surface area contributed by atoms with Crippen LogP contribution in [0.5, 0.6) is 0 Å². The van der Waals surface area contributed by atoms with E-state index in [4.69, 9.17) is 4.74 Å². The monoisotopic (exact) mass is 387 g/mol. The highest BCUT2D eigenvalue weighted by Gasteiger charge is 2.25. The zero-order chi connectivity index (χ0) is 19.4. The van der Waals surface area contributed by atoms with E-state index in [0.717, 1.165) is 5.56 Å². The maximum Gasteiger partial charge on any atom is 0.311 e. The van der Waals surface area contributed by atoms with Crippen molar-refractivity contribution < 1.29 is 22.7 Å². The minimum atomic E-state index is -3.57. The number of benzene rings is 2. The molecule has 0 radical (unpaired) electrons. The molecule has 0 spiro atoms. The molecule has 2 aromatic carbocycles. The fraction of sp³-hybridized carbons (Fsp3) is 0.300. The number of esters is 1. The molecule has 1 N–H and O–H groups in total. The second kappa shape index (κ2) is 7.92. The van der Waals surface area contributed by atoms with Crippen LogP contribution in [0.4, 0.5) is 0 Å². The number of hydrogen-bond acceptors (Lipinski definition) is 5. The van der Waals surface area contributed by atoms with Crippen LogP contribution in [0.15, 0.2) is 58.3 Å². The Labute approximate surface area is 158 Å². The summed E-state index contributed by atoms with van der Waals surface area (Å²) >= 11 is 0. The number of hydrogen-bond donors (Lipinski definition) is 1. The van der Waals surface area contributed by atoms with Gasteiger partial charge in [0, 0.05) is 13.0 Å². The zero-order valence-corrected chi connectivity index (χ0v) is 15.8. The van der Waals surface area contributed by atoms with Crippen LogP contribution in [0.2, 0.25) is 0 Å². The Kier molecular flexibility index (Phi) is 5.60. The van der Waals surface area contributed by atoms with Gasteiger partial charge in [-0.1, -0.05) is 29.8 Å². The van der Waals surface area contributed by atoms with Crippen molar-refractivity contribution in [2.24, 2.45) is 5.92 Å². The van der Waals surface area contributed by atoms with E-state index in [1.54, 1.807) is 36.4 Å². The van der Waals surface area contributed by atoms with Crippen molar-refractivity contribution in [3.05, 3.63) is 59.7 Å². The Morgan fingerprint density at radius 2 is 1.67 bits per heavy atom. The minimum Gasteiger partial charge on any atom is -0.461 e. The number of carbonyl (C=O) groups excluding carboxylic acids is 2. The molecular formula is C20H21NO5S. The van der Waals surface area contributed by atoms with Crippen LogP contribution in [0.1, 0.15) is 24.0 Å². The Morgan fingerprint density at radius 3 is 2.22 bits per heavy atom. The second-order valence-electron chi connectivity index (χ2n) is 6.61. The molecular weight excluding hydrogens is 366 g/mol. The van der Waals surface area contributed by atoms with Crippen molar-refractivity contribution in [3.8, 4) is 0 Å². The molecule has 1 fully saturated rings. The third-order valence-electron chi connectivity index (χ3n) is 4.54. The van der Waals surface area contributed by atoms with Crippen molar-refractivity contribution in [3.63, 3.8) is 0 Å². The van der Waals surface area contributed by atoms with Gasteiger partial charge >= 0.3 is 5.97 Å². The summed E-state index contributed by atoms with van der Waals surface area (Å²) in [7, 11) is -3.57. The highest BCUT2D eigenvalue weighted by atomic mass is 32.2. The van der Waals surface area contributed by atoms with Crippen LogP contribution in [-0.4, -0.2) is 26.8 Å². The first kappa shape index (κ1) is 19.1. The molecule has 1 atom stereocenters. The normalized spacial score (nSPS) is 17.2. The second-order valence-corrected chi connectivity index (χ2v) is 8.56. The molecule has 0 bridgehead atoms. The highest BCUT2D eigenvalue weighted by molar-refractivity contribution is 7.91. The summed E-state index contributed by atoms with van der Waals surface area (Å²) in [5.74, 6) is -0.736.